The van der Waals surface area contributed by atoms with Crippen LogP contribution >= 0.6 is 0 Å². The van der Waals surface area contributed by atoms with E-state index in [-0.39, 0.29) is 23.4 Å². The van der Waals surface area contributed by atoms with Gasteiger partial charge in [0.2, 0.25) is 0 Å². The average Bonchev–Trinajstić information content (AvgIpc) is 1.84. The second kappa shape index (κ2) is 4.06. The summed E-state index contributed by atoms with van der Waals surface area (Å²) in [5.41, 5.74) is 0. The van der Waals surface area contributed by atoms with Crippen molar-refractivity contribution >= 4 is 0 Å². The minimum atomic E-state index is 0.0129. The summed E-state index contributed by atoms with van der Waals surface area (Å²) in [6.07, 6.45) is 0.515. The van der Waals surface area contributed by atoms with E-state index in [1.54, 1.807) is 0 Å². The third-order valence-corrected chi connectivity index (χ3v) is 1.94. The van der Waals surface area contributed by atoms with Crippen LogP contribution in [-0.4, -0.2) is 10.2 Å². The maximum absolute atomic E-state index is 9.00. The highest BCUT2D eigenvalue weighted by molar-refractivity contribution is 4.92. The van der Waals surface area contributed by atoms with Crippen LogP contribution < -0.4 is 0 Å². The molecule has 2 N–H and O–H groups in total. The Balaban J connectivity index is 3.92. The van der Waals surface area contributed by atoms with Crippen molar-refractivity contribution in [3.05, 3.63) is 24.7 Å². The van der Waals surface area contributed by atoms with E-state index in [9.17, 15) is 0 Å². The van der Waals surface area contributed by atoms with Gasteiger partial charge in [-0.15, -0.1) is 0 Å². The molecule has 0 aromatic heterocycles. The monoisotopic (exact) mass is 156 g/mol. The summed E-state index contributed by atoms with van der Waals surface area (Å²) in [7, 11) is 0. The molecule has 2 unspecified atom stereocenters. The summed E-state index contributed by atoms with van der Waals surface area (Å²) in [5, 5.41) is 17.8. The van der Waals surface area contributed by atoms with Crippen LogP contribution in [0.1, 0.15) is 20.3 Å². The molecule has 0 amide bonds. The van der Waals surface area contributed by atoms with E-state index in [2.05, 4.69) is 13.2 Å². The number of allylic oxidation sites excluding steroid dienone is 2. The molecule has 0 aromatic carbocycles. The molecule has 64 valence electrons. The van der Waals surface area contributed by atoms with Crippen molar-refractivity contribution in [1.29, 1.82) is 0 Å². The first kappa shape index (κ1) is 10.1. The molecule has 0 fully saturated rings. The number of hydrogen-bond donors (Lipinski definition) is 2. The quantitative estimate of drug-likeness (QED) is 0.614. The maximum Gasteiger partial charge on any atom is 0.0881 e. The lowest BCUT2D eigenvalue weighted by molar-refractivity contribution is 0.265. The van der Waals surface area contributed by atoms with Gasteiger partial charge in [0.15, 0.2) is 0 Å². The van der Waals surface area contributed by atoms with Crippen molar-refractivity contribution in [2.45, 2.75) is 20.3 Å². The van der Waals surface area contributed by atoms with Crippen LogP contribution in [0.15, 0.2) is 24.7 Å². The van der Waals surface area contributed by atoms with E-state index < -0.39 is 0 Å². The molecule has 0 aliphatic rings. The van der Waals surface area contributed by atoms with Crippen molar-refractivity contribution in [2.75, 3.05) is 0 Å². The van der Waals surface area contributed by atoms with Gasteiger partial charge in [-0.1, -0.05) is 27.0 Å². The Morgan fingerprint density at radius 2 is 1.73 bits per heavy atom. The summed E-state index contributed by atoms with van der Waals surface area (Å²) in [4.78, 5) is 0. The van der Waals surface area contributed by atoms with Gasteiger partial charge in [-0.3, -0.25) is 0 Å². The fourth-order valence-corrected chi connectivity index (χ4v) is 0.877. The summed E-state index contributed by atoms with van der Waals surface area (Å²) in [5.74, 6) is 0.522. The van der Waals surface area contributed by atoms with Gasteiger partial charge in [-0.05, 0) is 5.92 Å². The van der Waals surface area contributed by atoms with Crippen LogP contribution in [0.2, 0.25) is 0 Å². The average molecular weight is 156 g/mol. The third-order valence-electron chi connectivity index (χ3n) is 1.94. The minimum Gasteiger partial charge on any atom is -0.513 e. The van der Waals surface area contributed by atoms with Crippen molar-refractivity contribution in [2.24, 2.45) is 11.8 Å². The van der Waals surface area contributed by atoms with Crippen LogP contribution in [0.5, 0.6) is 0 Å². The number of rotatable bonds is 4. The van der Waals surface area contributed by atoms with Gasteiger partial charge in [0, 0.05) is 12.3 Å². The first-order valence-corrected chi connectivity index (χ1v) is 3.69. The highest BCUT2D eigenvalue weighted by Crippen LogP contribution is 2.21. The van der Waals surface area contributed by atoms with Crippen LogP contribution in [0.3, 0.4) is 0 Å². The van der Waals surface area contributed by atoms with Gasteiger partial charge in [-0.25, -0.2) is 0 Å². The molecule has 0 bridgehead atoms. The van der Waals surface area contributed by atoms with E-state index >= 15 is 0 Å². The molecule has 2 heteroatoms. The summed E-state index contributed by atoms with van der Waals surface area (Å²) in [6.45, 7) is 10.6. The van der Waals surface area contributed by atoms with Crippen LogP contribution in [0.25, 0.3) is 0 Å². The fourth-order valence-electron chi connectivity index (χ4n) is 0.877. The number of aliphatic hydroxyl groups excluding tert-OH is 2. The van der Waals surface area contributed by atoms with E-state index in [1.807, 2.05) is 13.8 Å². The Labute approximate surface area is 67.9 Å². The Hall–Kier alpha value is -0.920. The molecule has 0 aliphatic heterocycles. The molecule has 0 heterocycles. The largest absolute Gasteiger partial charge is 0.513 e. The Kier molecular flexibility index (Phi) is 3.72. The van der Waals surface area contributed by atoms with Crippen molar-refractivity contribution < 1.29 is 10.2 Å². The lowest BCUT2D eigenvalue weighted by Gasteiger charge is -2.17. The highest BCUT2D eigenvalue weighted by Gasteiger charge is 2.15. The smallest absolute Gasteiger partial charge is 0.0881 e. The molecule has 2 atom stereocenters. The molecular formula is C9H16O2. The standard InChI is InChI=1S/C9H16O2/c1-6(5-7(2)10)8(3)9(4)11/h6,8,10-11H,2,4-5H2,1,3H3. The van der Waals surface area contributed by atoms with Crippen LogP contribution in [0, 0.1) is 11.8 Å². The van der Waals surface area contributed by atoms with Crippen LogP contribution in [-0.2, 0) is 0 Å². The van der Waals surface area contributed by atoms with Crippen molar-refractivity contribution in [3.8, 4) is 0 Å². The molecule has 0 aromatic rings. The zero-order valence-corrected chi connectivity index (χ0v) is 7.17. The fraction of sp³-hybridized carbons (Fsp3) is 0.556. The molecule has 0 saturated carbocycles. The van der Waals surface area contributed by atoms with Gasteiger partial charge < -0.3 is 10.2 Å². The predicted octanol–water partition coefficient (Wildman–Crippen LogP) is 2.79. The maximum atomic E-state index is 9.00. The lowest BCUT2D eigenvalue weighted by atomic mass is 9.91. The summed E-state index contributed by atoms with van der Waals surface area (Å²) < 4.78 is 0. The molecule has 0 saturated heterocycles. The van der Waals surface area contributed by atoms with Gasteiger partial charge in [-0.2, -0.15) is 0 Å². The van der Waals surface area contributed by atoms with E-state index in [0.29, 0.717) is 6.42 Å². The molecule has 0 radical (unpaired) electrons. The zero-order valence-electron chi connectivity index (χ0n) is 7.17. The molecular weight excluding hydrogens is 140 g/mol. The van der Waals surface area contributed by atoms with E-state index in [0.717, 1.165) is 0 Å². The van der Waals surface area contributed by atoms with Gasteiger partial charge in [0.25, 0.3) is 0 Å². The first-order chi connectivity index (χ1) is 4.95. The zero-order chi connectivity index (χ0) is 9.02. The predicted molar refractivity (Wildman–Crippen MR) is 46.5 cm³/mol. The van der Waals surface area contributed by atoms with E-state index in [4.69, 9.17) is 10.2 Å². The highest BCUT2D eigenvalue weighted by atomic mass is 16.3. The minimum absolute atomic E-state index is 0.0129. The first-order valence-electron chi connectivity index (χ1n) is 3.69. The molecule has 2 nitrogen and oxygen atoms in total. The number of aliphatic hydroxyl groups is 2. The SMILES string of the molecule is C=C(O)CC(C)C(C)C(=C)O. The van der Waals surface area contributed by atoms with Gasteiger partial charge >= 0.3 is 0 Å². The summed E-state index contributed by atoms with van der Waals surface area (Å²) >= 11 is 0. The number of hydrogen-bond acceptors (Lipinski definition) is 2. The van der Waals surface area contributed by atoms with E-state index in [1.165, 1.54) is 0 Å². The van der Waals surface area contributed by atoms with Crippen molar-refractivity contribution in [1.82, 2.24) is 0 Å². The normalized spacial score (nSPS) is 15.5. The Bertz CT molecular complexity index is 161. The van der Waals surface area contributed by atoms with Gasteiger partial charge in [0.1, 0.15) is 0 Å². The second-order valence-corrected chi connectivity index (χ2v) is 3.03. The third kappa shape index (κ3) is 3.71. The topological polar surface area (TPSA) is 40.5 Å². The Morgan fingerprint density at radius 1 is 1.27 bits per heavy atom. The van der Waals surface area contributed by atoms with Gasteiger partial charge in [0.05, 0.1) is 11.5 Å². The summed E-state index contributed by atoms with van der Waals surface area (Å²) in [6, 6.07) is 0. The second-order valence-electron chi connectivity index (χ2n) is 3.03. The molecule has 11 heavy (non-hydrogen) atoms. The Morgan fingerprint density at radius 3 is 2.00 bits per heavy atom. The molecule has 0 aliphatic carbocycles. The van der Waals surface area contributed by atoms with Crippen molar-refractivity contribution in [3.63, 3.8) is 0 Å². The lowest BCUT2D eigenvalue weighted by Crippen LogP contribution is -2.10. The molecule has 0 spiro atoms. The molecule has 0 rings (SSSR count). The van der Waals surface area contributed by atoms with Crippen LogP contribution in [0.4, 0.5) is 0 Å².